The minimum Gasteiger partial charge on any atom is -0.317 e. The topological polar surface area (TPSA) is 15.3 Å². The molecule has 1 aliphatic carbocycles. The Bertz CT molecular complexity index is 286. The number of nitrogens with one attached hydrogen (secondary N) is 1. The molecule has 0 amide bonds. The minimum atomic E-state index is 0.549. The van der Waals surface area contributed by atoms with E-state index in [1.54, 1.807) is 0 Å². The van der Waals surface area contributed by atoms with Crippen LogP contribution in [0.2, 0.25) is 0 Å². The predicted molar refractivity (Wildman–Crippen MR) is 83.4 cm³/mol. The highest BCUT2D eigenvalue weighted by atomic mass is 15.1. The molecule has 19 heavy (non-hydrogen) atoms. The van der Waals surface area contributed by atoms with E-state index < -0.39 is 0 Å². The number of nitrogens with zero attached hydrogens (tertiary/aromatic N) is 1. The molecule has 1 N–H and O–H groups in total. The summed E-state index contributed by atoms with van der Waals surface area (Å²) in [5.74, 6) is 0.843. The molecule has 1 saturated carbocycles. The molecule has 2 rings (SSSR count). The molecular formula is C17H34N2. The van der Waals surface area contributed by atoms with Crippen LogP contribution < -0.4 is 5.32 Å². The minimum absolute atomic E-state index is 0.549. The van der Waals surface area contributed by atoms with Crippen LogP contribution in [0.25, 0.3) is 0 Å². The third kappa shape index (κ3) is 4.19. The van der Waals surface area contributed by atoms with Gasteiger partial charge in [-0.25, -0.2) is 0 Å². The maximum absolute atomic E-state index is 3.57. The van der Waals surface area contributed by atoms with Gasteiger partial charge >= 0.3 is 0 Å². The van der Waals surface area contributed by atoms with Gasteiger partial charge in [0.15, 0.2) is 0 Å². The van der Waals surface area contributed by atoms with E-state index in [0.717, 1.165) is 12.0 Å². The van der Waals surface area contributed by atoms with Crippen molar-refractivity contribution in [1.82, 2.24) is 10.2 Å². The van der Waals surface area contributed by atoms with Gasteiger partial charge in [0.25, 0.3) is 0 Å². The number of hydrogen-bond donors (Lipinski definition) is 1. The van der Waals surface area contributed by atoms with Gasteiger partial charge in [0.2, 0.25) is 0 Å². The molecule has 0 spiro atoms. The van der Waals surface area contributed by atoms with Crippen molar-refractivity contribution in [1.29, 1.82) is 0 Å². The fraction of sp³-hybridized carbons (Fsp3) is 1.00. The summed E-state index contributed by atoms with van der Waals surface area (Å²) in [6, 6.07) is 0.739. The van der Waals surface area contributed by atoms with Crippen LogP contribution in [0, 0.1) is 16.7 Å². The van der Waals surface area contributed by atoms with Gasteiger partial charge in [0, 0.05) is 12.6 Å². The summed E-state index contributed by atoms with van der Waals surface area (Å²) in [5.41, 5.74) is 1.12. The molecule has 1 heterocycles. The lowest BCUT2D eigenvalue weighted by Gasteiger charge is -2.45. The number of hydrogen-bond acceptors (Lipinski definition) is 2. The first-order chi connectivity index (χ1) is 8.81. The molecule has 2 heteroatoms. The van der Waals surface area contributed by atoms with Crippen LogP contribution in [-0.2, 0) is 0 Å². The Morgan fingerprint density at radius 3 is 2.21 bits per heavy atom. The number of likely N-dealkylation sites (tertiary alicyclic amines) is 1. The van der Waals surface area contributed by atoms with E-state index in [0.29, 0.717) is 10.8 Å². The van der Waals surface area contributed by atoms with E-state index in [2.05, 4.69) is 45.0 Å². The fourth-order valence-electron chi connectivity index (χ4n) is 3.98. The van der Waals surface area contributed by atoms with Gasteiger partial charge < -0.3 is 10.2 Å². The molecule has 2 fully saturated rings. The quantitative estimate of drug-likeness (QED) is 0.841. The summed E-state index contributed by atoms with van der Waals surface area (Å²) in [4.78, 5) is 2.72. The maximum Gasteiger partial charge on any atom is 0.0105 e. The summed E-state index contributed by atoms with van der Waals surface area (Å²) in [6.07, 6.45) is 6.86. The van der Waals surface area contributed by atoms with E-state index in [-0.39, 0.29) is 0 Å². The third-order valence-corrected chi connectivity index (χ3v) is 5.59. The van der Waals surface area contributed by atoms with Crippen molar-refractivity contribution in [3.63, 3.8) is 0 Å². The zero-order valence-electron chi connectivity index (χ0n) is 13.8. The lowest BCUT2D eigenvalue weighted by molar-refractivity contribution is 0.0700. The van der Waals surface area contributed by atoms with Gasteiger partial charge in [-0.05, 0) is 69.0 Å². The van der Waals surface area contributed by atoms with E-state index in [1.807, 2.05) is 0 Å². The Morgan fingerprint density at radius 2 is 1.63 bits per heavy atom. The van der Waals surface area contributed by atoms with Crippen molar-refractivity contribution < 1.29 is 0 Å². The van der Waals surface area contributed by atoms with Gasteiger partial charge in [-0.2, -0.15) is 0 Å². The molecule has 2 aliphatic rings. The van der Waals surface area contributed by atoms with Crippen LogP contribution in [-0.4, -0.2) is 37.6 Å². The lowest BCUT2D eigenvalue weighted by atomic mass is 9.69. The molecule has 0 aromatic heterocycles. The van der Waals surface area contributed by atoms with Crippen molar-refractivity contribution in [2.24, 2.45) is 16.7 Å². The average Bonchev–Trinajstić information content (AvgIpc) is 2.31. The predicted octanol–water partition coefficient (Wildman–Crippen LogP) is 3.52. The Hall–Kier alpha value is -0.0800. The molecule has 2 unspecified atom stereocenters. The third-order valence-electron chi connectivity index (χ3n) is 5.59. The first-order valence-electron chi connectivity index (χ1n) is 8.21. The zero-order valence-corrected chi connectivity index (χ0v) is 13.8. The van der Waals surface area contributed by atoms with Crippen LogP contribution in [0.5, 0.6) is 0 Å². The lowest BCUT2D eigenvalue weighted by Crippen LogP contribution is -2.48. The molecular weight excluding hydrogens is 232 g/mol. The molecule has 0 bridgehead atoms. The van der Waals surface area contributed by atoms with Gasteiger partial charge in [0.1, 0.15) is 0 Å². The van der Waals surface area contributed by atoms with Crippen LogP contribution in [0.3, 0.4) is 0 Å². The Labute approximate surface area is 120 Å². The molecule has 2 nitrogen and oxygen atoms in total. The second-order valence-corrected chi connectivity index (χ2v) is 8.53. The van der Waals surface area contributed by atoms with E-state index in [1.165, 1.54) is 51.7 Å². The SMILES string of the molecule is CNC1CCC(C)(C)CC1CN1CCC(C)(C)CC1. The van der Waals surface area contributed by atoms with Crippen LogP contribution in [0.15, 0.2) is 0 Å². The summed E-state index contributed by atoms with van der Waals surface area (Å²) < 4.78 is 0. The summed E-state index contributed by atoms with van der Waals surface area (Å²) in [6.45, 7) is 13.7. The molecule has 2 atom stereocenters. The second kappa shape index (κ2) is 5.73. The Kier molecular flexibility index (Phi) is 4.62. The van der Waals surface area contributed by atoms with Crippen LogP contribution >= 0.6 is 0 Å². The van der Waals surface area contributed by atoms with Crippen molar-refractivity contribution >= 4 is 0 Å². The first kappa shape index (κ1) is 15.3. The summed E-state index contributed by atoms with van der Waals surface area (Å²) in [7, 11) is 2.15. The molecule has 0 aromatic rings. The highest BCUT2D eigenvalue weighted by Crippen LogP contribution is 2.39. The highest BCUT2D eigenvalue weighted by molar-refractivity contribution is 4.90. The van der Waals surface area contributed by atoms with E-state index in [9.17, 15) is 0 Å². The first-order valence-corrected chi connectivity index (χ1v) is 8.21. The van der Waals surface area contributed by atoms with Crippen molar-refractivity contribution in [3.05, 3.63) is 0 Å². The summed E-state index contributed by atoms with van der Waals surface area (Å²) >= 11 is 0. The smallest absolute Gasteiger partial charge is 0.0105 e. The molecule has 0 aromatic carbocycles. The molecule has 1 saturated heterocycles. The maximum atomic E-state index is 3.57. The molecule has 1 aliphatic heterocycles. The van der Waals surface area contributed by atoms with Crippen LogP contribution in [0.4, 0.5) is 0 Å². The van der Waals surface area contributed by atoms with Gasteiger partial charge in [-0.3, -0.25) is 0 Å². The fourth-order valence-corrected chi connectivity index (χ4v) is 3.98. The van der Waals surface area contributed by atoms with Crippen molar-refractivity contribution in [3.8, 4) is 0 Å². The van der Waals surface area contributed by atoms with Gasteiger partial charge in [-0.1, -0.05) is 27.7 Å². The Morgan fingerprint density at radius 1 is 1.00 bits per heavy atom. The average molecular weight is 266 g/mol. The standard InChI is InChI=1S/C17H34N2/c1-16(2)8-10-19(11-9-16)13-14-12-17(3,4)7-6-15(14)18-5/h14-15,18H,6-13H2,1-5H3. The normalized spacial score (nSPS) is 35.2. The Balaban J connectivity index is 1.89. The second-order valence-electron chi connectivity index (χ2n) is 8.53. The highest BCUT2D eigenvalue weighted by Gasteiger charge is 2.36. The largest absolute Gasteiger partial charge is 0.317 e. The van der Waals surface area contributed by atoms with Crippen molar-refractivity contribution in [2.45, 2.75) is 65.8 Å². The van der Waals surface area contributed by atoms with E-state index >= 15 is 0 Å². The van der Waals surface area contributed by atoms with E-state index in [4.69, 9.17) is 0 Å². The molecule has 0 radical (unpaired) electrons. The monoisotopic (exact) mass is 266 g/mol. The molecule has 112 valence electrons. The van der Waals surface area contributed by atoms with Gasteiger partial charge in [0.05, 0.1) is 0 Å². The van der Waals surface area contributed by atoms with Crippen LogP contribution in [0.1, 0.15) is 59.8 Å². The summed E-state index contributed by atoms with van der Waals surface area (Å²) in [5, 5.41) is 3.57. The van der Waals surface area contributed by atoms with Gasteiger partial charge in [-0.15, -0.1) is 0 Å². The zero-order chi connectivity index (χ0) is 14.1. The number of rotatable bonds is 3. The number of piperidine rings is 1. The van der Waals surface area contributed by atoms with Crippen molar-refractivity contribution in [2.75, 3.05) is 26.7 Å².